The van der Waals surface area contributed by atoms with E-state index in [1.807, 2.05) is 30.3 Å². The first-order valence-electron chi connectivity index (χ1n) is 9.43. The average molecular weight is 385 g/mol. The fraction of sp³-hybridized carbons (Fsp3) is 0.429. The number of nitrogens with one attached hydrogen (secondary N) is 1. The third-order valence-electron chi connectivity index (χ3n) is 4.78. The first-order chi connectivity index (χ1) is 13.7. The molecule has 1 aromatic carbocycles. The van der Waals surface area contributed by atoms with Crippen LogP contribution < -0.4 is 14.8 Å². The molecule has 0 saturated carbocycles. The van der Waals surface area contributed by atoms with E-state index in [-0.39, 0.29) is 12.1 Å². The quantitative estimate of drug-likeness (QED) is 0.756. The number of pyridine rings is 1. The van der Waals surface area contributed by atoms with E-state index in [0.29, 0.717) is 31.1 Å². The second-order valence-corrected chi connectivity index (χ2v) is 6.71. The molecule has 28 heavy (non-hydrogen) atoms. The smallest absolute Gasteiger partial charge is 0.318 e. The second-order valence-electron chi connectivity index (χ2n) is 6.71. The maximum Gasteiger partial charge on any atom is 0.318 e. The number of hydrogen-bond donors (Lipinski definition) is 1. The van der Waals surface area contributed by atoms with Crippen LogP contribution in [0.5, 0.6) is 11.5 Å². The Hall–Kier alpha value is -2.80. The summed E-state index contributed by atoms with van der Waals surface area (Å²) in [5, 5.41) is 3.00. The van der Waals surface area contributed by atoms with Crippen LogP contribution >= 0.6 is 0 Å². The monoisotopic (exact) mass is 385 g/mol. The number of aromatic nitrogens is 1. The van der Waals surface area contributed by atoms with Gasteiger partial charge in [-0.25, -0.2) is 4.79 Å². The van der Waals surface area contributed by atoms with Crippen LogP contribution in [0, 0.1) is 0 Å². The van der Waals surface area contributed by atoms with Gasteiger partial charge in [-0.2, -0.15) is 0 Å². The molecule has 7 nitrogen and oxygen atoms in total. The van der Waals surface area contributed by atoms with Crippen molar-refractivity contribution >= 4 is 6.03 Å². The maximum absolute atomic E-state index is 12.9. The zero-order chi connectivity index (χ0) is 19.8. The molecule has 0 bridgehead atoms. The topological polar surface area (TPSA) is 72.9 Å². The van der Waals surface area contributed by atoms with Crippen molar-refractivity contribution in [2.75, 3.05) is 27.4 Å². The largest absolute Gasteiger partial charge is 0.497 e. The second kappa shape index (κ2) is 9.94. The van der Waals surface area contributed by atoms with Crippen molar-refractivity contribution < 1.29 is 19.0 Å². The molecule has 2 amide bonds. The Morgan fingerprint density at radius 1 is 1.25 bits per heavy atom. The minimum atomic E-state index is -0.134. The summed E-state index contributed by atoms with van der Waals surface area (Å²) in [6.07, 6.45) is 5.58. The lowest BCUT2D eigenvalue weighted by Crippen LogP contribution is -2.43. The van der Waals surface area contributed by atoms with Gasteiger partial charge < -0.3 is 24.4 Å². The van der Waals surface area contributed by atoms with E-state index in [2.05, 4.69) is 10.3 Å². The molecule has 1 N–H and O–H groups in total. The predicted octanol–water partition coefficient (Wildman–Crippen LogP) is 2.99. The molecule has 1 aromatic heterocycles. The third-order valence-corrected chi connectivity index (χ3v) is 4.78. The molecule has 7 heteroatoms. The lowest BCUT2D eigenvalue weighted by atomic mass is 10.2. The van der Waals surface area contributed by atoms with Gasteiger partial charge >= 0.3 is 6.03 Å². The first kappa shape index (κ1) is 19.9. The van der Waals surface area contributed by atoms with Gasteiger partial charge in [0.25, 0.3) is 0 Å². The van der Waals surface area contributed by atoms with Gasteiger partial charge in [0.15, 0.2) is 0 Å². The molecular weight excluding hydrogens is 358 g/mol. The van der Waals surface area contributed by atoms with Gasteiger partial charge in [0.05, 0.1) is 20.3 Å². The molecule has 1 aliphatic rings. The summed E-state index contributed by atoms with van der Waals surface area (Å²) in [5.41, 5.74) is 1.92. The van der Waals surface area contributed by atoms with Crippen molar-refractivity contribution in [3.8, 4) is 11.5 Å². The van der Waals surface area contributed by atoms with E-state index in [4.69, 9.17) is 14.2 Å². The molecule has 2 aromatic rings. The van der Waals surface area contributed by atoms with Gasteiger partial charge in [-0.1, -0.05) is 0 Å². The minimum Gasteiger partial charge on any atom is -0.497 e. The number of benzene rings is 1. The Labute approximate surface area is 165 Å². The standard InChI is InChI=1S/C21H27N3O4/c1-26-18-6-5-17(20(12-18)27-2)13-23-21(25)24(15-19-4-3-11-28-19)14-16-7-9-22-10-8-16/h5-10,12,19H,3-4,11,13-15H2,1-2H3,(H,23,25)/t19-/m1/s1. The van der Waals surface area contributed by atoms with Crippen LogP contribution in [-0.2, 0) is 17.8 Å². The van der Waals surface area contributed by atoms with Crippen LogP contribution in [-0.4, -0.2) is 49.4 Å². The fourth-order valence-corrected chi connectivity index (χ4v) is 3.24. The Balaban J connectivity index is 1.66. The van der Waals surface area contributed by atoms with E-state index in [0.717, 1.165) is 30.6 Å². The normalized spacial score (nSPS) is 15.9. The lowest BCUT2D eigenvalue weighted by molar-refractivity contribution is 0.0794. The lowest BCUT2D eigenvalue weighted by Gasteiger charge is -2.26. The Bertz CT molecular complexity index is 764. The maximum atomic E-state index is 12.9. The van der Waals surface area contributed by atoms with Crippen molar-refractivity contribution in [3.63, 3.8) is 0 Å². The Morgan fingerprint density at radius 3 is 2.75 bits per heavy atom. The van der Waals surface area contributed by atoms with Crippen molar-refractivity contribution in [2.45, 2.75) is 32.0 Å². The highest BCUT2D eigenvalue weighted by Crippen LogP contribution is 2.24. The predicted molar refractivity (Wildman–Crippen MR) is 105 cm³/mol. The van der Waals surface area contributed by atoms with E-state index in [1.165, 1.54) is 0 Å². The molecule has 1 fully saturated rings. The van der Waals surface area contributed by atoms with E-state index < -0.39 is 0 Å². The van der Waals surface area contributed by atoms with Crippen molar-refractivity contribution in [1.29, 1.82) is 0 Å². The van der Waals surface area contributed by atoms with Crippen LogP contribution in [0.1, 0.15) is 24.0 Å². The van der Waals surface area contributed by atoms with Gasteiger partial charge in [0, 0.05) is 50.3 Å². The van der Waals surface area contributed by atoms with E-state index in [9.17, 15) is 4.79 Å². The highest BCUT2D eigenvalue weighted by Gasteiger charge is 2.23. The van der Waals surface area contributed by atoms with Gasteiger partial charge in [-0.15, -0.1) is 0 Å². The number of carbonyl (C=O) groups excluding carboxylic acids is 1. The number of methoxy groups -OCH3 is 2. The number of hydrogen-bond acceptors (Lipinski definition) is 5. The number of urea groups is 1. The fourth-order valence-electron chi connectivity index (χ4n) is 3.24. The van der Waals surface area contributed by atoms with E-state index >= 15 is 0 Å². The molecule has 0 aliphatic carbocycles. The van der Waals surface area contributed by atoms with Crippen LogP contribution in [0.3, 0.4) is 0 Å². The van der Waals surface area contributed by atoms with Crippen molar-refractivity contribution in [2.24, 2.45) is 0 Å². The van der Waals surface area contributed by atoms with Crippen LogP contribution in [0.2, 0.25) is 0 Å². The number of carbonyl (C=O) groups is 1. The Kier molecular flexibility index (Phi) is 7.08. The summed E-state index contributed by atoms with van der Waals surface area (Å²) in [4.78, 5) is 18.7. The number of rotatable bonds is 8. The molecule has 2 heterocycles. The van der Waals surface area contributed by atoms with Crippen molar-refractivity contribution in [3.05, 3.63) is 53.9 Å². The molecule has 3 rings (SSSR count). The summed E-state index contributed by atoms with van der Waals surface area (Å²) in [7, 11) is 3.21. The van der Waals surface area contributed by atoms with E-state index in [1.54, 1.807) is 31.5 Å². The van der Waals surface area contributed by atoms with Gasteiger partial charge in [-0.05, 0) is 42.7 Å². The Morgan fingerprint density at radius 2 is 2.07 bits per heavy atom. The third kappa shape index (κ3) is 5.36. The summed E-state index contributed by atoms with van der Waals surface area (Å²) in [6, 6.07) is 9.26. The highest BCUT2D eigenvalue weighted by molar-refractivity contribution is 5.74. The first-order valence-corrected chi connectivity index (χ1v) is 9.43. The average Bonchev–Trinajstić information content (AvgIpc) is 3.25. The molecular formula is C21H27N3O4. The van der Waals surface area contributed by atoms with Crippen LogP contribution in [0.15, 0.2) is 42.7 Å². The highest BCUT2D eigenvalue weighted by atomic mass is 16.5. The van der Waals surface area contributed by atoms with Gasteiger partial charge in [0.1, 0.15) is 11.5 Å². The molecule has 0 radical (unpaired) electrons. The number of amides is 2. The minimum absolute atomic E-state index is 0.0862. The van der Waals surface area contributed by atoms with Crippen molar-refractivity contribution in [1.82, 2.24) is 15.2 Å². The molecule has 1 aliphatic heterocycles. The number of ether oxygens (including phenoxy) is 3. The number of nitrogens with zero attached hydrogens (tertiary/aromatic N) is 2. The molecule has 0 unspecified atom stereocenters. The SMILES string of the molecule is COc1ccc(CNC(=O)N(Cc2ccncc2)C[C@H]2CCCO2)c(OC)c1. The zero-order valence-corrected chi connectivity index (χ0v) is 16.4. The summed E-state index contributed by atoms with van der Waals surface area (Å²) < 4.78 is 16.4. The molecule has 0 spiro atoms. The molecule has 1 saturated heterocycles. The zero-order valence-electron chi connectivity index (χ0n) is 16.4. The summed E-state index contributed by atoms with van der Waals surface area (Å²) in [6.45, 7) is 2.20. The van der Waals surface area contributed by atoms with Gasteiger partial charge in [0.2, 0.25) is 0 Å². The van der Waals surface area contributed by atoms with Crippen LogP contribution in [0.4, 0.5) is 4.79 Å². The summed E-state index contributed by atoms with van der Waals surface area (Å²) in [5.74, 6) is 1.39. The molecule has 150 valence electrons. The van der Waals surface area contributed by atoms with Gasteiger partial charge in [-0.3, -0.25) is 4.98 Å². The molecule has 1 atom stereocenters. The van der Waals surface area contributed by atoms with Crippen LogP contribution in [0.25, 0.3) is 0 Å². The summed E-state index contributed by atoms with van der Waals surface area (Å²) >= 11 is 0.